The number of amides is 1. The molecule has 0 aliphatic carbocycles. The van der Waals surface area contributed by atoms with Crippen molar-refractivity contribution in [2.75, 3.05) is 0 Å². The maximum Gasteiger partial charge on any atom is 0.273 e. The van der Waals surface area contributed by atoms with Gasteiger partial charge in [-0.15, -0.1) is 0 Å². The van der Waals surface area contributed by atoms with E-state index in [2.05, 4.69) is 15.5 Å². The summed E-state index contributed by atoms with van der Waals surface area (Å²) in [6, 6.07) is 16.1. The van der Waals surface area contributed by atoms with E-state index in [-0.39, 0.29) is 24.4 Å². The zero-order chi connectivity index (χ0) is 19.5. The quantitative estimate of drug-likeness (QED) is 0.547. The number of benzene rings is 2. The second-order valence-corrected chi connectivity index (χ2v) is 6.28. The van der Waals surface area contributed by atoms with Gasteiger partial charge >= 0.3 is 0 Å². The summed E-state index contributed by atoms with van der Waals surface area (Å²) < 4.78 is 2.74. The van der Waals surface area contributed by atoms with Crippen LogP contribution in [-0.2, 0) is 17.9 Å². The van der Waals surface area contributed by atoms with Crippen LogP contribution in [0.3, 0.4) is 0 Å². The summed E-state index contributed by atoms with van der Waals surface area (Å²) >= 11 is 0. The lowest BCUT2D eigenvalue weighted by Crippen LogP contribution is -2.36. The van der Waals surface area contributed by atoms with E-state index in [1.54, 1.807) is 35.1 Å². The highest BCUT2D eigenvalue weighted by Gasteiger charge is 2.10. The zero-order valence-electron chi connectivity index (χ0n) is 14.8. The number of para-hydroxylation sites is 1. The minimum absolute atomic E-state index is 0.262. The molecule has 0 aliphatic heterocycles. The van der Waals surface area contributed by atoms with Crippen LogP contribution in [0.25, 0.3) is 16.5 Å². The largest absolute Gasteiger partial charge is 0.350 e. The summed E-state index contributed by atoms with van der Waals surface area (Å²) in [5, 5.41) is 10.0. The van der Waals surface area contributed by atoms with Crippen LogP contribution in [0.5, 0.6) is 0 Å². The van der Waals surface area contributed by atoms with Crippen LogP contribution in [0.15, 0.2) is 76.6 Å². The average Bonchev–Trinajstić information content (AvgIpc) is 3.20. The Balaban J connectivity index is 1.45. The fourth-order valence-electron chi connectivity index (χ4n) is 2.93. The number of hydrogen-bond acceptors (Lipinski definition) is 4. The number of hydrogen-bond donors (Lipinski definition) is 2. The van der Waals surface area contributed by atoms with Gasteiger partial charge in [-0.25, -0.2) is 9.36 Å². The number of carbonyl (C=O) groups is 1. The van der Waals surface area contributed by atoms with Crippen molar-refractivity contribution >= 4 is 16.7 Å². The molecule has 4 aromatic rings. The first-order valence-corrected chi connectivity index (χ1v) is 8.69. The summed E-state index contributed by atoms with van der Waals surface area (Å²) in [6.07, 6.45) is 3.48. The molecular weight excluding hydrogens is 358 g/mol. The third-order valence-electron chi connectivity index (χ3n) is 4.33. The first kappa shape index (κ1) is 17.5. The molecule has 0 unspecified atom stereocenters. The Hall–Kier alpha value is -3.94. The normalized spacial score (nSPS) is 10.9. The molecule has 0 spiro atoms. The highest BCUT2D eigenvalue weighted by Crippen LogP contribution is 2.07. The van der Waals surface area contributed by atoms with Crippen LogP contribution in [0, 0.1) is 0 Å². The predicted molar refractivity (Wildman–Crippen MR) is 104 cm³/mol. The van der Waals surface area contributed by atoms with Gasteiger partial charge in [0, 0.05) is 18.3 Å². The molecule has 8 heteroatoms. The van der Waals surface area contributed by atoms with E-state index in [9.17, 15) is 14.4 Å². The third-order valence-corrected chi connectivity index (χ3v) is 4.33. The molecular formula is C20H17N5O3. The number of nitrogens with zero attached hydrogens (tertiary/aromatic N) is 3. The minimum atomic E-state index is -0.415. The number of H-pyrrole nitrogens is 1. The predicted octanol–water partition coefficient (Wildman–Crippen LogP) is 1.19. The van der Waals surface area contributed by atoms with Gasteiger partial charge in [0.15, 0.2) is 0 Å². The average molecular weight is 375 g/mol. The molecule has 140 valence electrons. The van der Waals surface area contributed by atoms with E-state index < -0.39 is 11.1 Å². The van der Waals surface area contributed by atoms with E-state index in [1.807, 2.05) is 36.5 Å². The van der Waals surface area contributed by atoms with E-state index >= 15 is 0 Å². The lowest BCUT2D eigenvalue weighted by molar-refractivity contribution is -0.122. The van der Waals surface area contributed by atoms with Gasteiger partial charge in [0.25, 0.3) is 11.1 Å². The van der Waals surface area contributed by atoms with Gasteiger partial charge in [0.2, 0.25) is 5.91 Å². The number of nitrogens with one attached hydrogen (secondary N) is 2. The molecule has 1 amide bonds. The lowest BCUT2D eigenvalue weighted by Gasteiger charge is -2.07. The van der Waals surface area contributed by atoms with E-state index in [1.165, 1.54) is 0 Å². The van der Waals surface area contributed by atoms with Crippen LogP contribution in [0.4, 0.5) is 0 Å². The highest BCUT2D eigenvalue weighted by molar-refractivity contribution is 5.81. The molecule has 0 atom stereocenters. The van der Waals surface area contributed by atoms with Crippen molar-refractivity contribution in [3.63, 3.8) is 0 Å². The fourth-order valence-corrected chi connectivity index (χ4v) is 2.93. The van der Waals surface area contributed by atoms with E-state index in [0.717, 1.165) is 15.9 Å². The fraction of sp³-hybridized carbons (Fsp3) is 0.100. The Morgan fingerprint density at radius 2 is 1.71 bits per heavy atom. The molecule has 0 aliphatic rings. The molecule has 2 aromatic heterocycles. The summed E-state index contributed by atoms with van der Waals surface area (Å²) in [5.41, 5.74) is 0.909. The molecule has 0 radical (unpaired) electrons. The minimum Gasteiger partial charge on any atom is -0.350 e. The number of aromatic amines is 1. The molecule has 2 aromatic carbocycles. The van der Waals surface area contributed by atoms with Crippen molar-refractivity contribution in [2.45, 2.75) is 13.1 Å². The topological polar surface area (TPSA) is 102 Å². The zero-order valence-corrected chi connectivity index (χ0v) is 14.8. The number of carbonyl (C=O) groups excluding carboxylic acids is 1. The highest BCUT2D eigenvalue weighted by atomic mass is 16.2. The molecule has 0 saturated heterocycles. The second kappa shape index (κ2) is 7.36. The van der Waals surface area contributed by atoms with Crippen molar-refractivity contribution in [3.05, 3.63) is 93.3 Å². The van der Waals surface area contributed by atoms with Gasteiger partial charge in [0.1, 0.15) is 6.54 Å². The van der Waals surface area contributed by atoms with E-state index in [0.29, 0.717) is 5.39 Å². The summed E-state index contributed by atoms with van der Waals surface area (Å²) in [6.45, 7) is -0.00996. The van der Waals surface area contributed by atoms with Crippen LogP contribution < -0.4 is 16.4 Å². The first-order valence-electron chi connectivity index (χ1n) is 8.69. The molecule has 0 bridgehead atoms. The number of rotatable bonds is 5. The Morgan fingerprint density at radius 3 is 2.50 bits per heavy atom. The Bertz CT molecular complexity index is 1250. The number of aromatic nitrogens is 4. The maximum atomic E-state index is 12.5. The van der Waals surface area contributed by atoms with Crippen molar-refractivity contribution < 1.29 is 4.79 Å². The summed E-state index contributed by atoms with van der Waals surface area (Å²) in [5.74, 6) is -0.388. The van der Waals surface area contributed by atoms with Crippen molar-refractivity contribution in [1.82, 2.24) is 24.9 Å². The van der Waals surface area contributed by atoms with Gasteiger partial charge in [-0.05, 0) is 24.3 Å². The molecule has 0 saturated carbocycles. The van der Waals surface area contributed by atoms with Gasteiger partial charge in [-0.1, -0.05) is 30.3 Å². The number of fused-ring (bicyclic) bond motifs is 1. The second-order valence-electron chi connectivity index (χ2n) is 6.28. The molecule has 2 heterocycles. The Labute approximate surface area is 159 Å². The molecule has 4 rings (SSSR count). The lowest BCUT2D eigenvalue weighted by atomic mass is 10.2. The van der Waals surface area contributed by atoms with Gasteiger partial charge in [-0.3, -0.25) is 19.5 Å². The van der Waals surface area contributed by atoms with Crippen molar-refractivity contribution in [1.29, 1.82) is 0 Å². The van der Waals surface area contributed by atoms with Crippen molar-refractivity contribution in [3.8, 4) is 5.69 Å². The first-order chi connectivity index (χ1) is 13.6. The molecule has 0 fully saturated rings. The SMILES string of the molecule is O=C(Cn1[nH]c(=O)c2ccccc2c1=O)NCc1cnn(-c2ccccc2)c1. The van der Waals surface area contributed by atoms with Crippen molar-refractivity contribution in [2.24, 2.45) is 0 Å². The third kappa shape index (κ3) is 3.48. The Morgan fingerprint density at radius 1 is 1.00 bits per heavy atom. The van der Waals surface area contributed by atoms with Gasteiger partial charge in [0.05, 0.1) is 22.7 Å². The maximum absolute atomic E-state index is 12.5. The van der Waals surface area contributed by atoms with Crippen LogP contribution in [-0.4, -0.2) is 25.5 Å². The van der Waals surface area contributed by atoms with Crippen LogP contribution >= 0.6 is 0 Å². The Kier molecular flexibility index (Phi) is 4.59. The van der Waals surface area contributed by atoms with Crippen LogP contribution in [0.1, 0.15) is 5.56 Å². The van der Waals surface area contributed by atoms with Crippen LogP contribution in [0.2, 0.25) is 0 Å². The standard InChI is InChI=1S/C20H17N5O3/c26-18(13-25-20(28)17-9-5-4-8-16(17)19(27)23-25)21-10-14-11-22-24(12-14)15-6-2-1-3-7-15/h1-9,11-12H,10,13H2,(H,21,26)(H,23,27). The monoisotopic (exact) mass is 375 g/mol. The molecule has 8 nitrogen and oxygen atoms in total. The smallest absolute Gasteiger partial charge is 0.273 e. The van der Waals surface area contributed by atoms with Gasteiger partial charge < -0.3 is 5.32 Å². The summed E-state index contributed by atoms with van der Waals surface area (Å²) in [7, 11) is 0. The molecule has 2 N–H and O–H groups in total. The summed E-state index contributed by atoms with van der Waals surface area (Å²) in [4.78, 5) is 36.8. The van der Waals surface area contributed by atoms with Gasteiger partial charge in [-0.2, -0.15) is 5.10 Å². The molecule has 28 heavy (non-hydrogen) atoms. The van der Waals surface area contributed by atoms with E-state index in [4.69, 9.17) is 0 Å².